The van der Waals surface area contributed by atoms with E-state index in [1.807, 2.05) is 41.3 Å². The zero-order valence-electron chi connectivity index (χ0n) is 17.7. The van der Waals surface area contributed by atoms with Gasteiger partial charge in [0.2, 0.25) is 0 Å². The number of hydrogen-bond donors (Lipinski definition) is 2. The van der Waals surface area contributed by atoms with Gasteiger partial charge in [0.25, 0.3) is 0 Å². The second-order valence-electron chi connectivity index (χ2n) is 8.00. The molecule has 160 valence electrons. The molecule has 2 aliphatic heterocycles. The van der Waals surface area contributed by atoms with Gasteiger partial charge in [-0.1, -0.05) is 0 Å². The normalized spacial score (nSPS) is 16.1. The number of carbonyl (C=O) groups excluding carboxylic acids is 1. The van der Waals surface area contributed by atoms with Gasteiger partial charge in [-0.15, -0.1) is 0 Å². The quantitative estimate of drug-likeness (QED) is 0.660. The minimum Gasteiger partial charge on any atom is -0.497 e. The molecule has 2 aliphatic rings. The Labute approximate surface area is 181 Å². The van der Waals surface area contributed by atoms with Crippen LogP contribution in [0.2, 0.25) is 0 Å². The number of amides is 2. The van der Waals surface area contributed by atoms with Crippen molar-refractivity contribution in [2.75, 3.05) is 37.9 Å². The number of nitrogens with zero attached hydrogens (tertiary/aromatic N) is 2. The highest BCUT2D eigenvalue weighted by Crippen LogP contribution is 2.44. The molecule has 3 heterocycles. The Kier molecular flexibility index (Phi) is 4.73. The Morgan fingerprint density at radius 1 is 1.00 bits per heavy atom. The topological polar surface area (TPSA) is 67.8 Å². The molecule has 0 radical (unpaired) electrons. The van der Waals surface area contributed by atoms with Crippen LogP contribution in [-0.2, 0) is 5.54 Å². The predicted molar refractivity (Wildman–Crippen MR) is 120 cm³/mol. The van der Waals surface area contributed by atoms with Gasteiger partial charge in [0.1, 0.15) is 11.5 Å². The van der Waals surface area contributed by atoms with Crippen LogP contribution in [0.4, 0.5) is 16.2 Å². The molecular weight excluding hydrogens is 392 g/mol. The highest BCUT2D eigenvalue weighted by molar-refractivity contribution is 5.89. The second-order valence-corrected chi connectivity index (χ2v) is 8.00. The molecule has 1 saturated heterocycles. The Morgan fingerprint density at radius 2 is 1.71 bits per heavy atom. The largest absolute Gasteiger partial charge is 0.497 e. The first-order valence-electron chi connectivity index (χ1n) is 10.5. The molecule has 2 N–H and O–H groups in total. The molecule has 2 amide bonds. The average Bonchev–Trinajstić information content (AvgIpc) is 3.31. The molecule has 7 nitrogen and oxygen atoms in total. The molecule has 0 bridgehead atoms. The van der Waals surface area contributed by atoms with Gasteiger partial charge in [0.05, 0.1) is 31.1 Å². The van der Waals surface area contributed by atoms with Crippen molar-refractivity contribution in [3.8, 4) is 17.2 Å². The number of nitrogens with one attached hydrogen (secondary N) is 2. The van der Waals surface area contributed by atoms with E-state index in [-0.39, 0.29) is 11.6 Å². The first kappa shape index (κ1) is 19.4. The monoisotopic (exact) mass is 418 g/mol. The fourth-order valence-electron chi connectivity index (χ4n) is 4.60. The van der Waals surface area contributed by atoms with E-state index in [2.05, 4.69) is 39.6 Å². The number of anilines is 2. The van der Waals surface area contributed by atoms with Gasteiger partial charge in [0.15, 0.2) is 0 Å². The van der Waals surface area contributed by atoms with E-state index < -0.39 is 0 Å². The van der Waals surface area contributed by atoms with Crippen molar-refractivity contribution in [3.63, 3.8) is 0 Å². The van der Waals surface area contributed by atoms with Crippen molar-refractivity contribution in [1.82, 2.24) is 9.47 Å². The SMILES string of the molecule is COc1ccc(NC(=O)N2CCC3(CC2)Nc2cc(OC)ccc2-n2cccc23)cc1. The van der Waals surface area contributed by atoms with Crippen molar-refractivity contribution < 1.29 is 14.3 Å². The maximum absolute atomic E-state index is 12.8. The van der Waals surface area contributed by atoms with Gasteiger partial charge in [0, 0.05) is 36.7 Å². The van der Waals surface area contributed by atoms with Crippen molar-refractivity contribution in [3.05, 3.63) is 66.5 Å². The Bertz CT molecular complexity index is 1100. The number of aromatic nitrogens is 1. The van der Waals surface area contributed by atoms with Gasteiger partial charge in [-0.05, 0) is 61.4 Å². The summed E-state index contributed by atoms with van der Waals surface area (Å²) in [6.45, 7) is 1.33. The highest BCUT2D eigenvalue weighted by atomic mass is 16.5. The molecule has 0 unspecified atom stereocenters. The van der Waals surface area contributed by atoms with Gasteiger partial charge < -0.3 is 29.6 Å². The molecule has 0 atom stereocenters. The van der Waals surface area contributed by atoms with E-state index in [1.165, 1.54) is 5.69 Å². The van der Waals surface area contributed by atoms with Crippen LogP contribution in [0.15, 0.2) is 60.8 Å². The number of methoxy groups -OCH3 is 2. The molecule has 7 heteroatoms. The Hall–Kier alpha value is -3.61. The predicted octanol–water partition coefficient (Wildman–Crippen LogP) is 4.44. The summed E-state index contributed by atoms with van der Waals surface area (Å²) in [6, 6.07) is 17.7. The molecule has 5 rings (SSSR count). The standard InChI is InChI=1S/C24H26N4O3/c1-30-18-7-5-17(6-8-18)25-23(29)27-14-11-24(12-15-27)22-4-3-13-28(22)21-10-9-19(31-2)16-20(21)26-24/h3-10,13,16,26H,11-12,14-15H2,1-2H3,(H,25,29). The van der Waals surface area contributed by atoms with Gasteiger partial charge in [-0.25, -0.2) is 4.79 Å². The van der Waals surface area contributed by atoms with E-state index in [0.717, 1.165) is 41.4 Å². The third-order valence-electron chi connectivity index (χ3n) is 6.32. The summed E-state index contributed by atoms with van der Waals surface area (Å²) in [5, 5.41) is 6.77. The maximum Gasteiger partial charge on any atom is 0.321 e. The summed E-state index contributed by atoms with van der Waals surface area (Å²) in [5.74, 6) is 1.59. The lowest BCUT2D eigenvalue weighted by molar-refractivity contribution is 0.174. The van der Waals surface area contributed by atoms with E-state index in [0.29, 0.717) is 13.1 Å². The number of fused-ring (bicyclic) bond motifs is 4. The smallest absolute Gasteiger partial charge is 0.321 e. The summed E-state index contributed by atoms with van der Waals surface area (Å²) < 4.78 is 12.9. The third kappa shape index (κ3) is 3.36. The molecule has 2 aromatic carbocycles. The molecule has 3 aromatic rings. The average molecular weight is 418 g/mol. The molecule has 31 heavy (non-hydrogen) atoms. The van der Waals surface area contributed by atoms with Crippen LogP contribution < -0.4 is 20.1 Å². The number of hydrogen-bond acceptors (Lipinski definition) is 4. The van der Waals surface area contributed by atoms with E-state index in [9.17, 15) is 4.79 Å². The van der Waals surface area contributed by atoms with Gasteiger partial charge >= 0.3 is 6.03 Å². The number of ether oxygens (including phenoxy) is 2. The van der Waals surface area contributed by atoms with Crippen molar-refractivity contribution >= 4 is 17.4 Å². The molecule has 0 saturated carbocycles. The van der Waals surface area contributed by atoms with Crippen molar-refractivity contribution in [2.24, 2.45) is 0 Å². The number of piperidine rings is 1. The fourth-order valence-corrected chi connectivity index (χ4v) is 4.60. The van der Waals surface area contributed by atoms with E-state index >= 15 is 0 Å². The van der Waals surface area contributed by atoms with E-state index in [4.69, 9.17) is 9.47 Å². The van der Waals surface area contributed by atoms with Crippen LogP contribution in [0.5, 0.6) is 11.5 Å². The highest BCUT2D eigenvalue weighted by Gasteiger charge is 2.42. The fraction of sp³-hybridized carbons (Fsp3) is 0.292. The van der Waals surface area contributed by atoms with Crippen molar-refractivity contribution in [1.29, 1.82) is 0 Å². The number of rotatable bonds is 3. The van der Waals surface area contributed by atoms with Gasteiger partial charge in [-0.2, -0.15) is 0 Å². The zero-order valence-corrected chi connectivity index (χ0v) is 17.7. The number of urea groups is 1. The molecule has 1 aromatic heterocycles. The first-order chi connectivity index (χ1) is 15.1. The van der Waals surface area contributed by atoms with Crippen LogP contribution in [-0.4, -0.2) is 42.8 Å². The van der Waals surface area contributed by atoms with Crippen LogP contribution >= 0.6 is 0 Å². The molecule has 1 fully saturated rings. The lowest BCUT2D eigenvalue weighted by atomic mass is 9.82. The van der Waals surface area contributed by atoms with Crippen LogP contribution in [0.1, 0.15) is 18.5 Å². The lowest BCUT2D eigenvalue weighted by Gasteiger charge is -2.46. The second kappa shape index (κ2) is 7.58. The van der Waals surface area contributed by atoms with Gasteiger partial charge in [-0.3, -0.25) is 0 Å². The number of carbonyl (C=O) groups is 1. The number of likely N-dealkylation sites (tertiary alicyclic amines) is 1. The Balaban J connectivity index is 1.32. The summed E-state index contributed by atoms with van der Waals surface area (Å²) in [7, 11) is 3.31. The first-order valence-corrected chi connectivity index (χ1v) is 10.5. The number of benzene rings is 2. The van der Waals surface area contributed by atoms with E-state index in [1.54, 1.807) is 14.2 Å². The van der Waals surface area contributed by atoms with Crippen molar-refractivity contribution in [2.45, 2.75) is 18.4 Å². The summed E-state index contributed by atoms with van der Waals surface area (Å²) in [6.07, 6.45) is 3.75. The van der Waals surface area contributed by atoms with Crippen LogP contribution in [0, 0.1) is 0 Å². The maximum atomic E-state index is 12.8. The zero-order chi connectivity index (χ0) is 21.4. The lowest BCUT2D eigenvalue weighted by Crippen LogP contribution is -2.51. The summed E-state index contributed by atoms with van der Waals surface area (Å²) in [5.41, 5.74) is 3.96. The summed E-state index contributed by atoms with van der Waals surface area (Å²) >= 11 is 0. The molecule has 0 aliphatic carbocycles. The summed E-state index contributed by atoms with van der Waals surface area (Å²) in [4.78, 5) is 14.7. The third-order valence-corrected chi connectivity index (χ3v) is 6.32. The molecular formula is C24H26N4O3. The molecule has 1 spiro atoms. The van der Waals surface area contributed by atoms with Crippen LogP contribution in [0.25, 0.3) is 5.69 Å². The van der Waals surface area contributed by atoms with Crippen LogP contribution in [0.3, 0.4) is 0 Å². The Morgan fingerprint density at radius 3 is 2.42 bits per heavy atom. The minimum atomic E-state index is -0.209. The minimum absolute atomic E-state index is 0.0757.